The maximum absolute atomic E-state index is 12.0. The fourth-order valence-electron chi connectivity index (χ4n) is 2.01. The SMILES string of the molecule is CCC1CN(C(=O)NCc2ccc(C(=O)O)o2)CCO1. The second kappa shape index (κ2) is 6.42. The molecule has 0 spiro atoms. The maximum atomic E-state index is 12.0. The fraction of sp³-hybridized carbons (Fsp3) is 0.538. The zero-order valence-corrected chi connectivity index (χ0v) is 11.3. The van der Waals surface area contributed by atoms with Gasteiger partial charge in [-0.15, -0.1) is 0 Å². The molecule has 2 rings (SSSR count). The van der Waals surface area contributed by atoms with Gasteiger partial charge in [0.1, 0.15) is 5.76 Å². The van der Waals surface area contributed by atoms with E-state index in [1.165, 1.54) is 12.1 Å². The van der Waals surface area contributed by atoms with E-state index in [2.05, 4.69) is 5.32 Å². The molecule has 2 N–H and O–H groups in total. The van der Waals surface area contributed by atoms with E-state index in [-0.39, 0.29) is 24.4 Å². The molecule has 1 aliphatic heterocycles. The van der Waals surface area contributed by atoms with Crippen molar-refractivity contribution in [3.8, 4) is 0 Å². The summed E-state index contributed by atoms with van der Waals surface area (Å²) in [5, 5.41) is 11.4. The fourth-order valence-corrected chi connectivity index (χ4v) is 2.01. The van der Waals surface area contributed by atoms with Crippen LogP contribution in [0.15, 0.2) is 16.5 Å². The Morgan fingerprint density at radius 1 is 1.50 bits per heavy atom. The largest absolute Gasteiger partial charge is 0.475 e. The van der Waals surface area contributed by atoms with Gasteiger partial charge >= 0.3 is 12.0 Å². The number of nitrogens with one attached hydrogen (secondary N) is 1. The summed E-state index contributed by atoms with van der Waals surface area (Å²) in [4.78, 5) is 24.3. The molecule has 1 atom stereocenters. The van der Waals surface area contributed by atoms with E-state index in [9.17, 15) is 9.59 Å². The number of amides is 2. The number of carboxylic acids is 1. The molecule has 0 saturated carbocycles. The molecule has 2 amide bonds. The predicted octanol–water partition coefficient (Wildman–Crippen LogP) is 1.30. The van der Waals surface area contributed by atoms with Crippen LogP contribution in [-0.4, -0.2) is 47.8 Å². The standard InChI is InChI=1S/C13H18N2O5/c1-2-9-8-15(5-6-19-9)13(18)14-7-10-3-4-11(20-10)12(16)17/h3-4,9H,2,5-8H2,1H3,(H,14,18)(H,16,17). The Kier molecular flexibility index (Phi) is 4.62. The first-order valence-corrected chi connectivity index (χ1v) is 6.56. The highest BCUT2D eigenvalue weighted by atomic mass is 16.5. The van der Waals surface area contributed by atoms with Crippen LogP contribution in [0.5, 0.6) is 0 Å². The number of hydrogen-bond acceptors (Lipinski definition) is 4. The number of hydrogen-bond donors (Lipinski definition) is 2. The Bertz CT molecular complexity index is 485. The average Bonchev–Trinajstić information content (AvgIpc) is 2.94. The molecular weight excluding hydrogens is 264 g/mol. The van der Waals surface area contributed by atoms with E-state index in [4.69, 9.17) is 14.3 Å². The van der Waals surface area contributed by atoms with Gasteiger partial charge in [-0.2, -0.15) is 0 Å². The average molecular weight is 282 g/mol. The summed E-state index contributed by atoms with van der Waals surface area (Å²) in [6.07, 6.45) is 0.945. The summed E-state index contributed by atoms with van der Waals surface area (Å²) in [5.41, 5.74) is 0. The monoisotopic (exact) mass is 282 g/mol. The number of carboxylic acid groups (broad SMARTS) is 1. The highest BCUT2D eigenvalue weighted by Crippen LogP contribution is 2.10. The summed E-state index contributed by atoms with van der Waals surface area (Å²) in [7, 11) is 0. The van der Waals surface area contributed by atoms with Crippen molar-refractivity contribution in [2.24, 2.45) is 0 Å². The molecule has 2 heterocycles. The third kappa shape index (κ3) is 3.51. The topological polar surface area (TPSA) is 92.0 Å². The van der Waals surface area contributed by atoms with Gasteiger partial charge < -0.3 is 24.5 Å². The van der Waals surface area contributed by atoms with E-state index < -0.39 is 5.97 Å². The zero-order chi connectivity index (χ0) is 14.5. The number of furan rings is 1. The molecular formula is C13H18N2O5. The lowest BCUT2D eigenvalue weighted by Gasteiger charge is -2.32. The van der Waals surface area contributed by atoms with Crippen LogP contribution in [0.2, 0.25) is 0 Å². The van der Waals surface area contributed by atoms with Crippen molar-refractivity contribution in [3.05, 3.63) is 23.7 Å². The summed E-state index contributed by atoms with van der Waals surface area (Å²) in [5.74, 6) is -0.843. The number of morpholine rings is 1. The third-order valence-electron chi connectivity index (χ3n) is 3.17. The van der Waals surface area contributed by atoms with Gasteiger partial charge in [-0.05, 0) is 18.6 Å². The minimum absolute atomic E-state index is 0.0803. The van der Waals surface area contributed by atoms with Gasteiger partial charge in [-0.3, -0.25) is 0 Å². The lowest BCUT2D eigenvalue weighted by atomic mass is 10.2. The summed E-state index contributed by atoms with van der Waals surface area (Å²) >= 11 is 0. The Morgan fingerprint density at radius 3 is 2.95 bits per heavy atom. The van der Waals surface area contributed by atoms with Crippen molar-refractivity contribution in [1.82, 2.24) is 10.2 Å². The zero-order valence-electron chi connectivity index (χ0n) is 11.3. The predicted molar refractivity (Wildman–Crippen MR) is 69.5 cm³/mol. The first kappa shape index (κ1) is 14.4. The summed E-state index contributed by atoms with van der Waals surface area (Å²) < 4.78 is 10.6. The molecule has 0 aromatic carbocycles. The maximum Gasteiger partial charge on any atom is 0.371 e. The van der Waals surface area contributed by atoms with E-state index >= 15 is 0 Å². The molecule has 0 aliphatic carbocycles. The Labute approximate surface area is 116 Å². The molecule has 1 aromatic heterocycles. The number of ether oxygens (including phenoxy) is 1. The first-order valence-electron chi connectivity index (χ1n) is 6.56. The number of urea groups is 1. The van der Waals surface area contributed by atoms with Crippen LogP contribution in [0, 0.1) is 0 Å². The smallest absolute Gasteiger partial charge is 0.371 e. The van der Waals surface area contributed by atoms with Crippen molar-refractivity contribution in [2.45, 2.75) is 26.0 Å². The van der Waals surface area contributed by atoms with Gasteiger partial charge in [0.25, 0.3) is 0 Å². The van der Waals surface area contributed by atoms with E-state index in [0.717, 1.165) is 6.42 Å². The number of aromatic carboxylic acids is 1. The second-order valence-corrected chi connectivity index (χ2v) is 4.58. The number of carbonyl (C=O) groups excluding carboxylic acids is 1. The minimum Gasteiger partial charge on any atom is -0.475 e. The van der Waals surface area contributed by atoms with Crippen molar-refractivity contribution >= 4 is 12.0 Å². The molecule has 1 aliphatic rings. The molecule has 20 heavy (non-hydrogen) atoms. The minimum atomic E-state index is -1.12. The summed E-state index contributed by atoms with van der Waals surface area (Å²) in [6.45, 7) is 3.85. The molecule has 7 heteroatoms. The van der Waals surface area contributed by atoms with Crippen LogP contribution >= 0.6 is 0 Å². The molecule has 1 fully saturated rings. The van der Waals surface area contributed by atoms with E-state index in [1.54, 1.807) is 4.90 Å². The lowest BCUT2D eigenvalue weighted by Crippen LogP contribution is -2.49. The molecule has 7 nitrogen and oxygen atoms in total. The van der Waals surface area contributed by atoms with Crippen molar-refractivity contribution in [2.75, 3.05) is 19.7 Å². The van der Waals surface area contributed by atoms with Gasteiger partial charge in [0.05, 0.1) is 19.3 Å². The normalized spacial score (nSPS) is 18.9. The van der Waals surface area contributed by atoms with Crippen molar-refractivity contribution in [3.63, 3.8) is 0 Å². The third-order valence-corrected chi connectivity index (χ3v) is 3.17. The van der Waals surface area contributed by atoms with Crippen LogP contribution in [0.3, 0.4) is 0 Å². The highest BCUT2D eigenvalue weighted by Gasteiger charge is 2.23. The molecule has 1 unspecified atom stereocenters. The quantitative estimate of drug-likeness (QED) is 0.868. The van der Waals surface area contributed by atoms with Crippen LogP contribution < -0.4 is 5.32 Å². The first-order chi connectivity index (χ1) is 9.60. The molecule has 1 saturated heterocycles. The van der Waals surface area contributed by atoms with Crippen LogP contribution in [0.1, 0.15) is 29.7 Å². The van der Waals surface area contributed by atoms with Gasteiger partial charge in [0, 0.05) is 13.1 Å². The van der Waals surface area contributed by atoms with Crippen molar-refractivity contribution < 1.29 is 23.8 Å². The Hall–Kier alpha value is -2.02. The van der Waals surface area contributed by atoms with Gasteiger partial charge in [0.15, 0.2) is 0 Å². The van der Waals surface area contributed by atoms with E-state index in [1.807, 2.05) is 6.92 Å². The van der Waals surface area contributed by atoms with Gasteiger partial charge in [-0.1, -0.05) is 6.92 Å². The number of rotatable bonds is 4. The Morgan fingerprint density at radius 2 is 2.30 bits per heavy atom. The van der Waals surface area contributed by atoms with Gasteiger partial charge in [0.2, 0.25) is 5.76 Å². The van der Waals surface area contributed by atoms with Crippen molar-refractivity contribution in [1.29, 1.82) is 0 Å². The Balaban J connectivity index is 1.83. The highest BCUT2D eigenvalue weighted by molar-refractivity contribution is 5.84. The number of nitrogens with zero attached hydrogens (tertiary/aromatic N) is 1. The van der Waals surface area contributed by atoms with Crippen LogP contribution in [0.25, 0.3) is 0 Å². The molecule has 0 bridgehead atoms. The lowest BCUT2D eigenvalue weighted by molar-refractivity contribution is -0.0154. The van der Waals surface area contributed by atoms with Crippen LogP contribution in [-0.2, 0) is 11.3 Å². The molecule has 0 radical (unpaired) electrons. The van der Waals surface area contributed by atoms with Gasteiger partial charge in [-0.25, -0.2) is 9.59 Å². The van der Waals surface area contributed by atoms with E-state index in [0.29, 0.717) is 25.5 Å². The second-order valence-electron chi connectivity index (χ2n) is 4.58. The van der Waals surface area contributed by atoms with Crippen LogP contribution in [0.4, 0.5) is 4.79 Å². The molecule has 110 valence electrons. The number of carbonyl (C=O) groups is 2. The summed E-state index contributed by atoms with van der Waals surface area (Å²) in [6, 6.07) is 2.71. The molecule has 1 aromatic rings.